The van der Waals surface area contributed by atoms with Gasteiger partial charge in [-0.2, -0.15) is 17.5 Å². The standard InChI is InChI=1S/C16H22F3N3O3S/c1-3-20-15(23)11-21-6-8-22(9-7-21)26(24,25)13-5-4-12(2)14(10-13)16(17,18)19/h4-5,10H,3,6-9,11H2,1-2H3,(H,20,23). The first-order chi connectivity index (χ1) is 12.1. The second kappa shape index (κ2) is 7.93. The molecule has 26 heavy (non-hydrogen) atoms. The number of hydrogen-bond donors (Lipinski definition) is 1. The first-order valence-corrected chi connectivity index (χ1v) is 9.66. The number of amides is 1. The van der Waals surface area contributed by atoms with Crippen molar-refractivity contribution in [1.82, 2.24) is 14.5 Å². The van der Waals surface area contributed by atoms with Gasteiger partial charge >= 0.3 is 6.18 Å². The van der Waals surface area contributed by atoms with Crippen molar-refractivity contribution < 1.29 is 26.4 Å². The van der Waals surface area contributed by atoms with Crippen molar-refractivity contribution in [1.29, 1.82) is 0 Å². The average molecular weight is 393 g/mol. The Balaban J connectivity index is 2.11. The smallest absolute Gasteiger partial charge is 0.355 e. The molecule has 1 aliphatic rings. The molecule has 146 valence electrons. The zero-order chi connectivity index (χ0) is 19.5. The molecule has 0 saturated carbocycles. The monoisotopic (exact) mass is 393 g/mol. The number of benzene rings is 1. The number of piperazine rings is 1. The van der Waals surface area contributed by atoms with Gasteiger partial charge in [-0.1, -0.05) is 6.07 Å². The number of aryl methyl sites for hydroxylation is 1. The third kappa shape index (κ3) is 4.74. The summed E-state index contributed by atoms with van der Waals surface area (Å²) in [5.74, 6) is -0.142. The van der Waals surface area contributed by atoms with E-state index in [0.717, 1.165) is 4.31 Å². The van der Waals surface area contributed by atoms with Gasteiger partial charge in [0.2, 0.25) is 15.9 Å². The second-order valence-corrected chi connectivity index (χ2v) is 8.05. The minimum Gasteiger partial charge on any atom is -0.355 e. The van der Waals surface area contributed by atoms with Crippen molar-refractivity contribution in [2.45, 2.75) is 24.9 Å². The summed E-state index contributed by atoms with van der Waals surface area (Å²) in [4.78, 5) is 13.0. The highest BCUT2D eigenvalue weighted by Crippen LogP contribution is 2.33. The number of likely N-dealkylation sites (N-methyl/N-ethyl adjacent to an activating group) is 1. The van der Waals surface area contributed by atoms with Crippen LogP contribution in [-0.2, 0) is 21.0 Å². The Labute approximate surface area is 151 Å². The van der Waals surface area contributed by atoms with Gasteiger partial charge in [0.25, 0.3) is 0 Å². The Hall–Kier alpha value is -1.65. The fraction of sp³-hybridized carbons (Fsp3) is 0.562. The van der Waals surface area contributed by atoms with Crippen molar-refractivity contribution in [3.05, 3.63) is 29.3 Å². The van der Waals surface area contributed by atoms with Gasteiger partial charge in [-0.25, -0.2) is 8.42 Å². The largest absolute Gasteiger partial charge is 0.416 e. The fourth-order valence-corrected chi connectivity index (χ4v) is 4.25. The van der Waals surface area contributed by atoms with Crippen LogP contribution in [-0.4, -0.2) is 62.8 Å². The molecule has 1 aromatic rings. The summed E-state index contributed by atoms with van der Waals surface area (Å²) in [6.45, 7) is 4.71. The van der Waals surface area contributed by atoms with E-state index in [-0.39, 0.29) is 36.0 Å². The van der Waals surface area contributed by atoms with E-state index in [1.165, 1.54) is 19.1 Å². The molecular formula is C16H22F3N3O3S. The van der Waals surface area contributed by atoms with Crippen LogP contribution >= 0.6 is 0 Å². The van der Waals surface area contributed by atoms with E-state index in [9.17, 15) is 26.4 Å². The van der Waals surface area contributed by atoms with Gasteiger partial charge in [0.15, 0.2) is 0 Å². The highest BCUT2D eigenvalue weighted by molar-refractivity contribution is 7.89. The molecule has 1 aliphatic heterocycles. The number of halogens is 3. The van der Waals surface area contributed by atoms with Crippen LogP contribution in [0.25, 0.3) is 0 Å². The van der Waals surface area contributed by atoms with E-state index in [0.29, 0.717) is 25.7 Å². The quantitative estimate of drug-likeness (QED) is 0.822. The minimum absolute atomic E-state index is 0.0248. The summed E-state index contributed by atoms with van der Waals surface area (Å²) in [6, 6.07) is 3.05. The van der Waals surface area contributed by atoms with Crippen LogP contribution in [0.5, 0.6) is 0 Å². The molecule has 1 saturated heterocycles. The van der Waals surface area contributed by atoms with E-state index in [4.69, 9.17) is 0 Å². The molecule has 0 aliphatic carbocycles. The second-order valence-electron chi connectivity index (χ2n) is 6.11. The van der Waals surface area contributed by atoms with E-state index >= 15 is 0 Å². The molecule has 0 atom stereocenters. The number of rotatable bonds is 5. The number of carbonyl (C=O) groups is 1. The predicted molar refractivity (Wildman–Crippen MR) is 90.1 cm³/mol. The van der Waals surface area contributed by atoms with Gasteiger partial charge in [0.05, 0.1) is 17.0 Å². The van der Waals surface area contributed by atoms with Crippen molar-refractivity contribution in [3.63, 3.8) is 0 Å². The number of hydrogen-bond acceptors (Lipinski definition) is 4. The molecule has 1 aromatic carbocycles. The summed E-state index contributed by atoms with van der Waals surface area (Å²) >= 11 is 0. The molecule has 1 amide bonds. The highest BCUT2D eigenvalue weighted by Gasteiger charge is 2.35. The molecule has 10 heteroatoms. The van der Waals surface area contributed by atoms with Crippen LogP contribution in [0.2, 0.25) is 0 Å². The average Bonchev–Trinajstić information content (AvgIpc) is 2.54. The predicted octanol–water partition coefficient (Wildman–Crippen LogP) is 1.46. The molecule has 0 aromatic heterocycles. The maximum atomic E-state index is 13.0. The molecule has 1 fully saturated rings. The number of sulfonamides is 1. The minimum atomic E-state index is -4.61. The van der Waals surface area contributed by atoms with Crippen molar-refractivity contribution >= 4 is 15.9 Å². The van der Waals surface area contributed by atoms with Gasteiger partial charge in [0, 0.05) is 32.7 Å². The molecule has 1 N–H and O–H groups in total. The van der Waals surface area contributed by atoms with Crippen LogP contribution in [0.1, 0.15) is 18.1 Å². The number of nitrogens with zero attached hydrogens (tertiary/aromatic N) is 2. The summed E-state index contributed by atoms with van der Waals surface area (Å²) < 4.78 is 65.6. The normalized spacial score (nSPS) is 17.3. The van der Waals surface area contributed by atoms with Crippen LogP contribution in [0.4, 0.5) is 13.2 Å². The Morgan fingerprint density at radius 2 is 1.81 bits per heavy atom. The number of carbonyl (C=O) groups excluding carboxylic acids is 1. The lowest BCUT2D eigenvalue weighted by Gasteiger charge is -2.33. The maximum Gasteiger partial charge on any atom is 0.416 e. The Bertz CT molecular complexity index is 758. The van der Waals surface area contributed by atoms with Crippen LogP contribution in [0.15, 0.2) is 23.1 Å². The van der Waals surface area contributed by atoms with Gasteiger partial charge in [-0.15, -0.1) is 0 Å². The van der Waals surface area contributed by atoms with Crippen LogP contribution in [0.3, 0.4) is 0 Å². The summed E-state index contributed by atoms with van der Waals surface area (Å²) in [7, 11) is -4.02. The lowest BCUT2D eigenvalue weighted by atomic mass is 10.1. The van der Waals surface area contributed by atoms with Crippen molar-refractivity contribution in [2.75, 3.05) is 39.3 Å². The topological polar surface area (TPSA) is 69.7 Å². The van der Waals surface area contributed by atoms with E-state index < -0.39 is 21.8 Å². The molecule has 0 radical (unpaired) electrons. The van der Waals surface area contributed by atoms with E-state index in [1.807, 2.05) is 4.90 Å². The van der Waals surface area contributed by atoms with Crippen LogP contribution in [0, 0.1) is 6.92 Å². The van der Waals surface area contributed by atoms with Gasteiger partial charge in [-0.3, -0.25) is 9.69 Å². The first kappa shape index (κ1) is 20.7. The molecule has 0 bridgehead atoms. The zero-order valence-corrected chi connectivity index (χ0v) is 15.5. The Kier molecular flexibility index (Phi) is 6.30. The Morgan fingerprint density at radius 3 is 2.35 bits per heavy atom. The first-order valence-electron chi connectivity index (χ1n) is 8.22. The fourth-order valence-electron chi connectivity index (χ4n) is 2.80. The molecule has 0 unspecified atom stereocenters. The highest BCUT2D eigenvalue weighted by atomic mass is 32.2. The summed E-state index contributed by atoms with van der Waals surface area (Å²) in [5.41, 5.74) is -0.975. The Morgan fingerprint density at radius 1 is 1.19 bits per heavy atom. The number of alkyl halides is 3. The van der Waals surface area contributed by atoms with E-state index in [1.54, 1.807) is 6.92 Å². The van der Waals surface area contributed by atoms with Gasteiger partial charge in [0.1, 0.15) is 0 Å². The molecular weight excluding hydrogens is 371 g/mol. The van der Waals surface area contributed by atoms with E-state index in [2.05, 4.69) is 5.32 Å². The van der Waals surface area contributed by atoms with Gasteiger partial charge in [-0.05, 0) is 31.5 Å². The number of nitrogens with one attached hydrogen (secondary N) is 1. The third-order valence-electron chi connectivity index (χ3n) is 4.22. The third-order valence-corrected chi connectivity index (χ3v) is 6.12. The summed E-state index contributed by atoms with van der Waals surface area (Å²) in [5, 5.41) is 2.67. The molecule has 6 nitrogen and oxygen atoms in total. The van der Waals surface area contributed by atoms with Crippen LogP contribution < -0.4 is 5.32 Å². The lowest BCUT2D eigenvalue weighted by molar-refractivity contribution is -0.138. The SMILES string of the molecule is CCNC(=O)CN1CCN(S(=O)(=O)c2ccc(C)c(C(F)(F)F)c2)CC1. The summed E-state index contributed by atoms with van der Waals surface area (Å²) in [6.07, 6.45) is -4.61. The lowest BCUT2D eigenvalue weighted by Crippen LogP contribution is -2.51. The van der Waals surface area contributed by atoms with Gasteiger partial charge < -0.3 is 5.32 Å². The maximum absolute atomic E-state index is 13.0. The molecule has 2 rings (SSSR count). The van der Waals surface area contributed by atoms with Crippen molar-refractivity contribution in [3.8, 4) is 0 Å². The molecule has 1 heterocycles. The zero-order valence-electron chi connectivity index (χ0n) is 14.6. The van der Waals surface area contributed by atoms with Crippen molar-refractivity contribution in [2.24, 2.45) is 0 Å². The molecule has 0 spiro atoms.